The van der Waals surface area contributed by atoms with E-state index in [1.54, 1.807) is 39.0 Å². The lowest BCUT2D eigenvalue weighted by atomic mass is 9.73. The summed E-state index contributed by atoms with van der Waals surface area (Å²) < 4.78 is 34.1. The Labute approximate surface area is 210 Å². The highest BCUT2D eigenvalue weighted by atomic mass is 16.7. The van der Waals surface area contributed by atoms with Crippen LogP contribution in [0.5, 0.6) is 34.5 Å². The zero-order valence-electron chi connectivity index (χ0n) is 21.6. The van der Waals surface area contributed by atoms with Crippen molar-refractivity contribution in [2.75, 3.05) is 28.1 Å². The molecule has 2 N–H and O–H groups in total. The van der Waals surface area contributed by atoms with Crippen molar-refractivity contribution >= 4 is 5.97 Å². The normalized spacial score (nSPS) is 22.6. The number of hydrogen-bond donors (Lipinski definition) is 2. The van der Waals surface area contributed by atoms with Gasteiger partial charge in [0.2, 0.25) is 18.3 Å². The maximum absolute atomic E-state index is 13.0. The van der Waals surface area contributed by atoms with E-state index >= 15 is 0 Å². The van der Waals surface area contributed by atoms with Crippen LogP contribution < -0.4 is 23.7 Å². The van der Waals surface area contributed by atoms with Crippen LogP contribution in [-0.2, 0) is 16.0 Å². The van der Waals surface area contributed by atoms with Gasteiger partial charge in [-0.2, -0.15) is 0 Å². The summed E-state index contributed by atoms with van der Waals surface area (Å²) in [7, 11) is 4.39. The molecule has 0 aromatic heterocycles. The van der Waals surface area contributed by atoms with E-state index in [1.807, 2.05) is 6.92 Å². The van der Waals surface area contributed by atoms with Crippen LogP contribution in [0.3, 0.4) is 0 Å². The molecule has 1 heterocycles. The van der Waals surface area contributed by atoms with E-state index in [9.17, 15) is 15.0 Å². The van der Waals surface area contributed by atoms with Gasteiger partial charge in [-0.3, -0.25) is 0 Å². The lowest BCUT2D eigenvalue weighted by Crippen LogP contribution is -2.43. The predicted octanol–water partition coefficient (Wildman–Crippen LogP) is 4.31. The van der Waals surface area contributed by atoms with Crippen LogP contribution in [0.15, 0.2) is 23.8 Å². The molecule has 0 amide bonds. The molecule has 9 nitrogen and oxygen atoms in total. The Morgan fingerprint density at radius 2 is 1.81 bits per heavy atom. The van der Waals surface area contributed by atoms with Gasteiger partial charge in [0.1, 0.15) is 5.60 Å². The standard InChI is InChI=1S/C27H32O9/c1-8-13(2)26(29)36-25-16-11-18-23(35-12-34-18)24(33-7)20(16)19-15(9-14(3)27(25,4)30)10-17(31-5)22(32-6)21(19)28/h8,10-11,14,25,28,30H,9,12H2,1-7H3/b13-8-/t14-,25-,27+/m0/s1. The number of hydrogen-bond acceptors (Lipinski definition) is 9. The number of benzene rings is 2. The highest BCUT2D eigenvalue weighted by molar-refractivity contribution is 5.90. The fraction of sp³-hybridized carbons (Fsp3) is 0.444. The monoisotopic (exact) mass is 500 g/mol. The van der Waals surface area contributed by atoms with Crippen molar-refractivity contribution in [3.05, 3.63) is 34.9 Å². The Morgan fingerprint density at radius 1 is 1.11 bits per heavy atom. The van der Waals surface area contributed by atoms with Crippen molar-refractivity contribution in [3.8, 4) is 45.6 Å². The number of aromatic hydroxyl groups is 1. The summed E-state index contributed by atoms with van der Waals surface area (Å²) in [5, 5.41) is 23.3. The van der Waals surface area contributed by atoms with Crippen molar-refractivity contribution in [1.82, 2.24) is 0 Å². The smallest absolute Gasteiger partial charge is 0.334 e. The number of methoxy groups -OCH3 is 3. The number of ether oxygens (including phenoxy) is 6. The maximum Gasteiger partial charge on any atom is 0.334 e. The molecule has 0 saturated carbocycles. The first-order chi connectivity index (χ1) is 17.1. The van der Waals surface area contributed by atoms with Gasteiger partial charge in [0, 0.05) is 22.3 Å². The quantitative estimate of drug-likeness (QED) is 0.458. The zero-order chi connectivity index (χ0) is 26.4. The fourth-order valence-corrected chi connectivity index (χ4v) is 4.77. The second-order valence-corrected chi connectivity index (χ2v) is 9.19. The van der Waals surface area contributed by atoms with Gasteiger partial charge >= 0.3 is 5.97 Å². The predicted molar refractivity (Wildman–Crippen MR) is 131 cm³/mol. The molecule has 0 unspecified atom stereocenters. The number of carbonyl (C=O) groups excluding carboxylic acids is 1. The molecule has 0 saturated heterocycles. The van der Waals surface area contributed by atoms with E-state index in [2.05, 4.69) is 0 Å². The largest absolute Gasteiger partial charge is 0.504 e. The molecule has 4 rings (SSSR count). The van der Waals surface area contributed by atoms with Crippen LogP contribution in [0.2, 0.25) is 0 Å². The van der Waals surface area contributed by atoms with Gasteiger partial charge in [0.25, 0.3) is 0 Å². The molecule has 36 heavy (non-hydrogen) atoms. The number of aliphatic hydroxyl groups is 1. The summed E-state index contributed by atoms with van der Waals surface area (Å²) in [5.41, 5.74) is 0.767. The highest BCUT2D eigenvalue weighted by Gasteiger charge is 2.47. The third kappa shape index (κ3) is 3.87. The summed E-state index contributed by atoms with van der Waals surface area (Å²) in [6.07, 6.45) is 0.834. The van der Waals surface area contributed by atoms with Crippen molar-refractivity contribution < 1.29 is 43.4 Å². The van der Waals surface area contributed by atoms with Gasteiger partial charge in [-0.15, -0.1) is 0 Å². The van der Waals surface area contributed by atoms with E-state index in [0.29, 0.717) is 51.5 Å². The summed E-state index contributed by atoms with van der Waals surface area (Å²) in [6.45, 7) is 6.83. The molecule has 0 radical (unpaired) electrons. The first kappa shape index (κ1) is 25.5. The Morgan fingerprint density at radius 3 is 2.42 bits per heavy atom. The van der Waals surface area contributed by atoms with Gasteiger partial charge in [-0.25, -0.2) is 4.79 Å². The second-order valence-electron chi connectivity index (χ2n) is 9.19. The topological polar surface area (TPSA) is 113 Å². The van der Waals surface area contributed by atoms with Crippen LogP contribution >= 0.6 is 0 Å². The SMILES string of the molecule is C/C=C(/C)C(=O)O[C@H]1c2cc3c(c(OC)c2-c2c(cc(OC)c(OC)c2O)C[C@H](C)[C@@]1(C)O)OCO3. The summed E-state index contributed by atoms with van der Waals surface area (Å²) in [4.78, 5) is 13.0. The lowest BCUT2D eigenvalue weighted by Gasteiger charge is -2.41. The third-order valence-corrected chi connectivity index (χ3v) is 7.15. The minimum absolute atomic E-state index is 0.0334. The van der Waals surface area contributed by atoms with Crippen LogP contribution in [0.25, 0.3) is 11.1 Å². The maximum atomic E-state index is 13.0. The average Bonchev–Trinajstić information content (AvgIpc) is 3.33. The summed E-state index contributed by atoms with van der Waals surface area (Å²) >= 11 is 0. The number of phenols is 1. The molecule has 2 aromatic rings. The molecule has 2 aromatic carbocycles. The molecular weight excluding hydrogens is 468 g/mol. The minimum atomic E-state index is -1.52. The molecule has 1 aliphatic carbocycles. The van der Waals surface area contributed by atoms with Crippen molar-refractivity contribution in [2.24, 2.45) is 5.92 Å². The molecule has 194 valence electrons. The molecule has 0 bridgehead atoms. The Balaban J connectivity index is 2.14. The molecule has 2 aliphatic rings. The Bertz CT molecular complexity index is 1230. The Kier molecular flexibility index (Phi) is 6.70. The van der Waals surface area contributed by atoms with Crippen LogP contribution in [-0.4, -0.2) is 49.9 Å². The first-order valence-electron chi connectivity index (χ1n) is 11.6. The number of fused-ring (bicyclic) bond motifs is 4. The minimum Gasteiger partial charge on any atom is -0.504 e. The zero-order valence-corrected chi connectivity index (χ0v) is 21.6. The van der Waals surface area contributed by atoms with Gasteiger partial charge in [-0.05, 0) is 50.8 Å². The van der Waals surface area contributed by atoms with E-state index in [-0.39, 0.29) is 24.0 Å². The number of carbonyl (C=O) groups is 1. The number of allylic oxidation sites excluding steroid dienone is 1. The summed E-state index contributed by atoms with van der Waals surface area (Å²) in [6, 6.07) is 3.43. The van der Waals surface area contributed by atoms with Crippen LogP contribution in [0.4, 0.5) is 0 Å². The number of phenolic OH excluding ortho intramolecular Hbond substituents is 1. The van der Waals surface area contributed by atoms with Crippen molar-refractivity contribution in [1.29, 1.82) is 0 Å². The second kappa shape index (κ2) is 9.46. The highest BCUT2D eigenvalue weighted by Crippen LogP contribution is 2.58. The average molecular weight is 501 g/mol. The Hall–Kier alpha value is -3.59. The lowest BCUT2D eigenvalue weighted by molar-refractivity contribution is -0.166. The van der Waals surface area contributed by atoms with Gasteiger partial charge in [0.05, 0.1) is 21.3 Å². The van der Waals surface area contributed by atoms with Gasteiger partial charge in [0.15, 0.2) is 29.1 Å². The fourth-order valence-electron chi connectivity index (χ4n) is 4.77. The van der Waals surface area contributed by atoms with E-state index in [4.69, 9.17) is 28.4 Å². The molecule has 0 fully saturated rings. The van der Waals surface area contributed by atoms with E-state index in [1.165, 1.54) is 21.3 Å². The molecule has 1 aliphatic heterocycles. The third-order valence-electron chi connectivity index (χ3n) is 7.15. The van der Waals surface area contributed by atoms with Crippen molar-refractivity contribution in [3.63, 3.8) is 0 Å². The molecular formula is C27H32O9. The van der Waals surface area contributed by atoms with Crippen LogP contribution in [0.1, 0.15) is 44.9 Å². The van der Waals surface area contributed by atoms with Crippen molar-refractivity contribution in [2.45, 2.75) is 45.8 Å². The van der Waals surface area contributed by atoms with Gasteiger partial charge < -0.3 is 38.6 Å². The summed E-state index contributed by atoms with van der Waals surface area (Å²) in [5.74, 6) is 0.317. The molecule has 3 atom stereocenters. The number of rotatable bonds is 5. The first-order valence-corrected chi connectivity index (χ1v) is 11.6. The van der Waals surface area contributed by atoms with E-state index in [0.717, 1.165) is 0 Å². The molecule has 0 spiro atoms. The number of esters is 1. The molecule has 9 heteroatoms. The van der Waals surface area contributed by atoms with E-state index < -0.39 is 23.6 Å². The van der Waals surface area contributed by atoms with Crippen LogP contribution in [0, 0.1) is 5.92 Å². The van der Waals surface area contributed by atoms with Gasteiger partial charge in [-0.1, -0.05) is 13.0 Å².